The van der Waals surface area contributed by atoms with Gasteiger partial charge in [-0.1, -0.05) is 6.07 Å². The molecule has 13 heavy (non-hydrogen) atoms. The van der Waals surface area contributed by atoms with Crippen molar-refractivity contribution in [2.24, 2.45) is 0 Å². The summed E-state index contributed by atoms with van der Waals surface area (Å²) in [5.74, 6) is 1.54. The Bertz CT molecular complexity index is 253. The molecule has 0 spiro atoms. The number of rotatable bonds is 2. The first-order chi connectivity index (χ1) is 6.27. The van der Waals surface area contributed by atoms with Crippen LogP contribution in [0.2, 0.25) is 0 Å². The maximum absolute atomic E-state index is 5.04. The van der Waals surface area contributed by atoms with Crippen molar-refractivity contribution in [1.29, 1.82) is 0 Å². The number of methoxy groups -OCH3 is 2. The molecule has 0 aliphatic rings. The van der Waals surface area contributed by atoms with Crippen LogP contribution in [0, 0.1) is 6.92 Å². The molecule has 0 radical (unpaired) electrons. The fourth-order valence-electron chi connectivity index (χ4n) is 0.852. The summed E-state index contributed by atoms with van der Waals surface area (Å²) in [4.78, 5) is 0. The van der Waals surface area contributed by atoms with Crippen molar-refractivity contribution in [3.8, 4) is 11.5 Å². The summed E-state index contributed by atoms with van der Waals surface area (Å²) in [6, 6.07) is 5.52. The van der Waals surface area contributed by atoms with Crippen LogP contribution in [0.15, 0.2) is 18.2 Å². The van der Waals surface area contributed by atoms with Gasteiger partial charge in [0.15, 0.2) is 0 Å². The van der Waals surface area contributed by atoms with Crippen LogP contribution in [-0.2, 0) is 17.3 Å². The number of halogens is 1. The van der Waals surface area contributed by atoms with Crippen LogP contribution in [0.4, 0.5) is 0 Å². The fraction of sp³-hybridized carbons (Fsp3) is 0.222. The summed E-state index contributed by atoms with van der Waals surface area (Å²) < 4.78 is 10.0. The summed E-state index contributed by atoms with van der Waals surface area (Å²) >= 11 is 0.847. The van der Waals surface area contributed by atoms with Crippen molar-refractivity contribution in [3.63, 3.8) is 0 Å². The Morgan fingerprint density at radius 1 is 1.23 bits per heavy atom. The molecule has 0 amide bonds. The van der Waals surface area contributed by atoms with Gasteiger partial charge >= 0.3 is 27.0 Å². The second kappa shape index (κ2) is 7.05. The van der Waals surface area contributed by atoms with Crippen LogP contribution < -0.4 is 9.47 Å². The van der Waals surface area contributed by atoms with E-state index in [1.807, 2.05) is 18.2 Å². The SMILES string of the molecule is [CH2-]c1ccc(OC)cc1OC.[Cl][Zn+]. The van der Waals surface area contributed by atoms with Crippen LogP contribution in [0.3, 0.4) is 0 Å². The van der Waals surface area contributed by atoms with E-state index in [4.69, 9.17) is 19.2 Å². The number of hydrogen-bond donors (Lipinski definition) is 0. The molecule has 0 unspecified atom stereocenters. The zero-order valence-corrected chi connectivity index (χ0v) is 11.6. The molecule has 0 bridgehead atoms. The Balaban J connectivity index is 0.000000671. The zero-order chi connectivity index (χ0) is 10.3. The average molecular weight is 252 g/mol. The minimum absolute atomic E-state index is 0.754. The molecule has 0 aliphatic carbocycles. The van der Waals surface area contributed by atoms with Crippen LogP contribution >= 0.6 is 9.69 Å². The Labute approximate surface area is 92.9 Å². The summed E-state index contributed by atoms with van der Waals surface area (Å²) in [6.07, 6.45) is 0. The third-order valence-electron chi connectivity index (χ3n) is 1.49. The molecular weight excluding hydrogens is 241 g/mol. The van der Waals surface area contributed by atoms with Crippen molar-refractivity contribution < 1.29 is 26.8 Å². The molecule has 0 saturated heterocycles. The zero-order valence-electron chi connectivity index (χ0n) is 7.84. The van der Waals surface area contributed by atoms with E-state index in [2.05, 4.69) is 6.92 Å². The summed E-state index contributed by atoms with van der Waals surface area (Å²) in [7, 11) is 8.00. The second-order valence-electron chi connectivity index (χ2n) is 2.18. The van der Waals surface area contributed by atoms with E-state index in [0.29, 0.717) is 0 Å². The molecule has 0 aliphatic heterocycles. The number of benzene rings is 1. The number of hydrogen-bond acceptors (Lipinski definition) is 2. The van der Waals surface area contributed by atoms with Crippen LogP contribution in [0.25, 0.3) is 0 Å². The van der Waals surface area contributed by atoms with E-state index < -0.39 is 0 Å². The fourth-order valence-corrected chi connectivity index (χ4v) is 0.852. The van der Waals surface area contributed by atoms with E-state index in [9.17, 15) is 0 Å². The number of ether oxygens (including phenoxy) is 2. The second-order valence-corrected chi connectivity index (χ2v) is 2.18. The van der Waals surface area contributed by atoms with E-state index in [0.717, 1.165) is 34.4 Å². The van der Waals surface area contributed by atoms with Gasteiger partial charge < -0.3 is 9.47 Å². The van der Waals surface area contributed by atoms with Gasteiger partial charge in [-0.15, -0.1) is 0 Å². The van der Waals surface area contributed by atoms with Crippen molar-refractivity contribution in [1.82, 2.24) is 0 Å². The quantitative estimate of drug-likeness (QED) is 0.594. The molecule has 0 N–H and O–H groups in total. The van der Waals surface area contributed by atoms with Crippen LogP contribution in [0.5, 0.6) is 11.5 Å². The van der Waals surface area contributed by atoms with Gasteiger partial charge in [0.25, 0.3) is 0 Å². The first-order valence-electron chi connectivity index (χ1n) is 3.58. The molecule has 68 valence electrons. The Hall–Kier alpha value is -0.397. The van der Waals surface area contributed by atoms with Crippen molar-refractivity contribution in [2.45, 2.75) is 0 Å². The van der Waals surface area contributed by atoms with Gasteiger partial charge in [0, 0.05) is 5.75 Å². The predicted molar refractivity (Wildman–Crippen MR) is 49.9 cm³/mol. The van der Waals surface area contributed by atoms with Gasteiger partial charge in [0.2, 0.25) is 0 Å². The maximum atomic E-state index is 5.04. The molecule has 0 atom stereocenters. The first-order valence-corrected chi connectivity index (χ1v) is 7.48. The standard InChI is InChI=1S/C9H11O2.ClH.Zn/c1-7-4-5-8(10-2)6-9(7)11-3;;/h4-6H,1H2,2-3H3;1H;/q-1;;+2/p-1. The van der Waals surface area contributed by atoms with Gasteiger partial charge in [0.05, 0.1) is 20.0 Å². The molecule has 1 aromatic carbocycles. The summed E-state index contributed by atoms with van der Waals surface area (Å²) in [5.41, 5.74) is 0.869. The third kappa shape index (κ3) is 3.88. The van der Waals surface area contributed by atoms with E-state index in [-0.39, 0.29) is 0 Å². The van der Waals surface area contributed by atoms with Crippen molar-refractivity contribution in [2.75, 3.05) is 14.2 Å². The van der Waals surface area contributed by atoms with Crippen LogP contribution in [0.1, 0.15) is 5.56 Å². The third-order valence-corrected chi connectivity index (χ3v) is 1.49. The molecule has 0 saturated carbocycles. The van der Waals surface area contributed by atoms with Crippen molar-refractivity contribution >= 4 is 9.69 Å². The summed E-state index contributed by atoms with van der Waals surface area (Å²) in [5, 5.41) is 0. The first kappa shape index (κ1) is 12.6. The van der Waals surface area contributed by atoms with E-state index in [1.165, 1.54) is 0 Å². The summed E-state index contributed by atoms with van der Waals surface area (Å²) in [6.45, 7) is 3.79. The topological polar surface area (TPSA) is 18.5 Å². The van der Waals surface area contributed by atoms with E-state index in [1.54, 1.807) is 14.2 Å². The molecule has 1 rings (SSSR count). The van der Waals surface area contributed by atoms with Gasteiger partial charge in [-0.05, 0) is 6.07 Å². The van der Waals surface area contributed by atoms with Crippen LogP contribution in [-0.4, -0.2) is 14.2 Å². The molecule has 0 aromatic heterocycles. The minimum atomic E-state index is 0.754. The Kier molecular flexibility index (Phi) is 6.83. The van der Waals surface area contributed by atoms with E-state index >= 15 is 0 Å². The molecular formula is C9H11ClO2Zn. The molecule has 0 fully saturated rings. The normalized spacial score (nSPS) is 8.38. The average Bonchev–Trinajstić information content (AvgIpc) is 2.22. The van der Waals surface area contributed by atoms with Gasteiger partial charge in [0.1, 0.15) is 0 Å². The van der Waals surface area contributed by atoms with Gasteiger partial charge in [-0.25, -0.2) is 0 Å². The predicted octanol–water partition coefficient (Wildman–Crippen LogP) is 2.57. The van der Waals surface area contributed by atoms with Gasteiger partial charge in [-0.3, -0.25) is 0 Å². The monoisotopic (exact) mass is 250 g/mol. The molecule has 2 nitrogen and oxygen atoms in total. The molecule has 0 heterocycles. The Morgan fingerprint density at radius 2 is 1.85 bits per heavy atom. The molecule has 1 aromatic rings. The van der Waals surface area contributed by atoms with Gasteiger partial charge in [-0.2, -0.15) is 18.6 Å². The molecule has 4 heteroatoms. The Morgan fingerprint density at radius 3 is 2.31 bits per heavy atom. The van der Waals surface area contributed by atoms with Crippen molar-refractivity contribution in [3.05, 3.63) is 30.7 Å².